The van der Waals surface area contributed by atoms with E-state index in [2.05, 4.69) is 5.32 Å². The quantitative estimate of drug-likeness (QED) is 0.767. The lowest BCUT2D eigenvalue weighted by atomic mass is 9.99. The van der Waals surface area contributed by atoms with Gasteiger partial charge >= 0.3 is 12.1 Å². The summed E-state index contributed by atoms with van der Waals surface area (Å²) < 4.78 is 10.2. The number of nitrogens with one attached hydrogen (secondary N) is 1. The Morgan fingerprint density at radius 3 is 2.44 bits per heavy atom. The van der Waals surface area contributed by atoms with Crippen molar-refractivity contribution in [3.63, 3.8) is 0 Å². The summed E-state index contributed by atoms with van der Waals surface area (Å²) in [5, 5.41) is 2.74. The standard InChI is InChI=1S/C18H28N2O5/c1-18(2,3)25-17(23)19-13-9-11-7-10(11)8-12-5-6-14(16(22)24-4)20(12)15(13)21/h10-14H,5-9H2,1-4H3,(H,19,23)/t10-,11+,12-,13+,14+/m1/s1. The Morgan fingerprint density at radius 2 is 1.80 bits per heavy atom. The van der Waals surface area contributed by atoms with E-state index in [-0.39, 0.29) is 17.9 Å². The molecular formula is C18H28N2O5. The predicted molar refractivity (Wildman–Crippen MR) is 89.7 cm³/mol. The molecule has 1 saturated carbocycles. The van der Waals surface area contributed by atoms with Crippen molar-refractivity contribution in [1.82, 2.24) is 10.2 Å². The largest absolute Gasteiger partial charge is 0.467 e. The summed E-state index contributed by atoms with van der Waals surface area (Å²) in [6.07, 6.45) is 3.50. The third-order valence-corrected chi connectivity index (χ3v) is 5.40. The maximum absolute atomic E-state index is 13.1. The summed E-state index contributed by atoms with van der Waals surface area (Å²) in [5.41, 5.74) is -0.623. The van der Waals surface area contributed by atoms with E-state index in [0.717, 1.165) is 19.3 Å². The zero-order valence-corrected chi connectivity index (χ0v) is 15.4. The Labute approximate surface area is 148 Å². The van der Waals surface area contributed by atoms with Gasteiger partial charge in [-0.15, -0.1) is 0 Å². The Kier molecular flexibility index (Phi) is 4.68. The molecule has 2 heterocycles. The van der Waals surface area contributed by atoms with Gasteiger partial charge in [0.2, 0.25) is 5.91 Å². The van der Waals surface area contributed by atoms with Gasteiger partial charge in [-0.3, -0.25) is 4.79 Å². The molecule has 2 aliphatic heterocycles. The van der Waals surface area contributed by atoms with Crippen molar-refractivity contribution in [2.45, 2.75) is 76.6 Å². The number of methoxy groups -OCH3 is 1. The van der Waals surface area contributed by atoms with E-state index < -0.39 is 23.8 Å². The first-order valence-corrected chi connectivity index (χ1v) is 9.09. The van der Waals surface area contributed by atoms with Gasteiger partial charge in [-0.25, -0.2) is 9.59 Å². The van der Waals surface area contributed by atoms with Crippen LogP contribution in [-0.4, -0.2) is 53.7 Å². The summed E-state index contributed by atoms with van der Waals surface area (Å²) in [6, 6.07) is -1.12. The summed E-state index contributed by atoms with van der Waals surface area (Å²) in [6.45, 7) is 5.35. The minimum absolute atomic E-state index is 0.0647. The zero-order chi connectivity index (χ0) is 18.4. The fourth-order valence-corrected chi connectivity index (χ4v) is 4.21. The Hall–Kier alpha value is -1.79. The van der Waals surface area contributed by atoms with Crippen LogP contribution < -0.4 is 5.32 Å². The number of fused-ring (bicyclic) bond motifs is 2. The molecular weight excluding hydrogens is 324 g/mol. The van der Waals surface area contributed by atoms with Crippen molar-refractivity contribution in [3.8, 4) is 0 Å². The molecule has 7 heteroatoms. The predicted octanol–water partition coefficient (Wildman–Crippen LogP) is 1.84. The number of carbonyl (C=O) groups excluding carboxylic acids is 3. The maximum Gasteiger partial charge on any atom is 0.408 e. The smallest absolute Gasteiger partial charge is 0.408 e. The Bertz CT molecular complexity index is 570. The summed E-state index contributed by atoms with van der Waals surface area (Å²) in [5.74, 6) is 0.497. The monoisotopic (exact) mass is 352 g/mol. The first-order valence-electron chi connectivity index (χ1n) is 9.09. The van der Waals surface area contributed by atoms with Crippen LogP contribution >= 0.6 is 0 Å². The molecule has 0 spiro atoms. The van der Waals surface area contributed by atoms with Gasteiger partial charge in [0, 0.05) is 6.04 Å². The van der Waals surface area contributed by atoms with Crippen molar-refractivity contribution < 1.29 is 23.9 Å². The molecule has 25 heavy (non-hydrogen) atoms. The molecule has 0 aromatic rings. The molecule has 2 amide bonds. The molecule has 3 rings (SSSR count). The van der Waals surface area contributed by atoms with E-state index in [1.807, 2.05) is 0 Å². The first-order chi connectivity index (χ1) is 11.7. The highest BCUT2D eigenvalue weighted by Crippen LogP contribution is 2.49. The lowest BCUT2D eigenvalue weighted by Crippen LogP contribution is -2.55. The molecule has 5 atom stereocenters. The fourth-order valence-electron chi connectivity index (χ4n) is 4.21. The van der Waals surface area contributed by atoms with E-state index >= 15 is 0 Å². The van der Waals surface area contributed by atoms with Crippen LogP contribution in [0.2, 0.25) is 0 Å². The number of hydrogen-bond acceptors (Lipinski definition) is 5. The lowest BCUT2D eigenvalue weighted by Gasteiger charge is -2.34. The maximum atomic E-state index is 13.1. The summed E-state index contributed by atoms with van der Waals surface area (Å²) in [7, 11) is 1.34. The third kappa shape index (κ3) is 3.90. The van der Waals surface area contributed by atoms with Crippen LogP contribution in [0, 0.1) is 11.8 Å². The molecule has 1 N–H and O–H groups in total. The van der Waals surface area contributed by atoms with Crippen LogP contribution in [0.15, 0.2) is 0 Å². The molecule has 0 unspecified atom stereocenters. The molecule has 1 aliphatic carbocycles. The highest BCUT2D eigenvalue weighted by molar-refractivity contribution is 5.90. The van der Waals surface area contributed by atoms with Crippen LogP contribution in [0.3, 0.4) is 0 Å². The minimum Gasteiger partial charge on any atom is -0.467 e. The minimum atomic E-state index is -0.641. The van der Waals surface area contributed by atoms with Crippen molar-refractivity contribution in [2.75, 3.05) is 7.11 Å². The van der Waals surface area contributed by atoms with E-state index in [1.165, 1.54) is 7.11 Å². The molecule has 140 valence electrons. The van der Waals surface area contributed by atoms with E-state index in [4.69, 9.17) is 9.47 Å². The second kappa shape index (κ2) is 6.50. The third-order valence-electron chi connectivity index (χ3n) is 5.40. The molecule has 2 saturated heterocycles. The molecule has 0 bridgehead atoms. The molecule has 0 aromatic carbocycles. The fraction of sp³-hybridized carbons (Fsp3) is 0.833. The zero-order valence-electron chi connectivity index (χ0n) is 15.4. The number of amides is 2. The van der Waals surface area contributed by atoms with Crippen molar-refractivity contribution in [2.24, 2.45) is 11.8 Å². The number of alkyl carbamates (subject to hydrolysis) is 1. The molecule has 3 fully saturated rings. The summed E-state index contributed by atoms with van der Waals surface area (Å²) >= 11 is 0. The second-order valence-corrected chi connectivity index (χ2v) is 8.44. The van der Waals surface area contributed by atoms with Crippen LogP contribution in [0.1, 0.15) is 52.9 Å². The van der Waals surface area contributed by atoms with Crippen molar-refractivity contribution in [3.05, 3.63) is 0 Å². The average Bonchev–Trinajstić information content (AvgIpc) is 3.07. The van der Waals surface area contributed by atoms with Gasteiger partial charge in [-0.05, 0) is 64.7 Å². The average molecular weight is 352 g/mol. The first kappa shape index (κ1) is 18.0. The number of carbonyl (C=O) groups is 3. The topological polar surface area (TPSA) is 84.9 Å². The van der Waals surface area contributed by atoms with Gasteiger partial charge in [0.1, 0.15) is 17.7 Å². The number of ether oxygens (including phenoxy) is 2. The second-order valence-electron chi connectivity index (χ2n) is 8.44. The van der Waals surface area contributed by atoms with Gasteiger partial charge in [0.05, 0.1) is 7.11 Å². The Balaban J connectivity index is 1.77. The number of rotatable bonds is 2. The van der Waals surface area contributed by atoms with Crippen LogP contribution in [0.25, 0.3) is 0 Å². The van der Waals surface area contributed by atoms with Gasteiger partial charge in [-0.1, -0.05) is 0 Å². The Morgan fingerprint density at radius 1 is 1.12 bits per heavy atom. The van der Waals surface area contributed by atoms with Gasteiger partial charge in [0.25, 0.3) is 0 Å². The van der Waals surface area contributed by atoms with Crippen LogP contribution in [-0.2, 0) is 19.1 Å². The van der Waals surface area contributed by atoms with Crippen molar-refractivity contribution >= 4 is 18.0 Å². The van der Waals surface area contributed by atoms with E-state index in [1.54, 1.807) is 25.7 Å². The molecule has 7 nitrogen and oxygen atoms in total. The number of hydrogen-bond donors (Lipinski definition) is 1. The van der Waals surface area contributed by atoms with Crippen molar-refractivity contribution in [1.29, 1.82) is 0 Å². The summed E-state index contributed by atoms with van der Waals surface area (Å²) in [4.78, 5) is 39.0. The van der Waals surface area contributed by atoms with Gasteiger partial charge in [0.15, 0.2) is 0 Å². The molecule has 0 aromatic heterocycles. The normalized spacial score (nSPS) is 34.3. The van der Waals surface area contributed by atoms with Crippen LogP contribution in [0.5, 0.6) is 0 Å². The number of esters is 1. The van der Waals surface area contributed by atoms with E-state index in [9.17, 15) is 14.4 Å². The SMILES string of the molecule is COC(=O)[C@@H]1CC[C@@H]2C[C@H]3C[C@H]3C[C@H](NC(=O)OC(C)(C)C)C(=O)N21. The van der Waals surface area contributed by atoms with Gasteiger partial charge < -0.3 is 19.7 Å². The highest BCUT2D eigenvalue weighted by atomic mass is 16.6. The number of nitrogens with zero attached hydrogens (tertiary/aromatic N) is 1. The molecule has 3 aliphatic rings. The lowest BCUT2D eigenvalue weighted by molar-refractivity contribution is -0.153. The van der Waals surface area contributed by atoms with Gasteiger partial charge in [-0.2, -0.15) is 0 Å². The van der Waals surface area contributed by atoms with Crippen LogP contribution in [0.4, 0.5) is 4.79 Å². The molecule has 0 radical (unpaired) electrons. The highest BCUT2D eigenvalue weighted by Gasteiger charge is 2.51. The van der Waals surface area contributed by atoms with E-state index in [0.29, 0.717) is 24.7 Å².